The molecule has 26 heavy (non-hydrogen) atoms. The molecule has 1 atom stereocenters. The van der Waals surface area contributed by atoms with Gasteiger partial charge in [-0.3, -0.25) is 4.79 Å². The van der Waals surface area contributed by atoms with Crippen molar-refractivity contribution in [1.29, 1.82) is 0 Å². The Morgan fingerprint density at radius 3 is 1.96 bits per heavy atom. The second-order valence-electron chi connectivity index (χ2n) is 5.02. The molecular weight excluding hydrogens is 487 g/mol. The zero-order valence-corrected chi connectivity index (χ0v) is 17.9. The largest absolute Gasteiger partial charge is 0.332 e. The maximum absolute atomic E-state index is 12.8. The van der Waals surface area contributed by atoms with E-state index >= 15 is 0 Å². The summed E-state index contributed by atoms with van der Waals surface area (Å²) in [4.78, 5) is 12.3. The van der Waals surface area contributed by atoms with Crippen molar-refractivity contribution >= 4 is 85.4 Å². The molecule has 1 unspecified atom stereocenters. The van der Waals surface area contributed by atoms with Gasteiger partial charge in [-0.05, 0) is 42.5 Å². The van der Waals surface area contributed by atoms with Crippen molar-refractivity contribution in [1.82, 2.24) is 5.32 Å². The summed E-state index contributed by atoms with van der Waals surface area (Å²) in [5, 5.41) is 0.974. The Morgan fingerprint density at radius 1 is 0.923 bits per heavy atom. The first-order valence-electron chi connectivity index (χ1n) is 6.75. The maximum Gasteiger partial charge on any atom is 0.253 e. The predicted molar refractivity (Wildman–Crippen MR) is 107 cm³/mol. The highest BCUT2D eigenvalue weighted by Gasteiger charge is 2.44. The first kappa shape index (κ1) is 21.9. The molecule has 0 aliphatic heterocycles. The molecule has 0 saturated heterocycles. The lowest BCUT2D eigenvalue weighted by atomic mass is 10.2. The minimum Gasteiger partial charge on any atom is -0.332 e. The fourth-order valence-electron chi connectivity index (χ4n) is 1.97. The van der Waals surface area contributed by atoms with E-state index in [1.165, 1.54) is 42.5 Å². The third kappa shape index (κ3) is 5.10. The molecule has 140 valence electrons. The van der Waals surface area contributed by atoms with Crippen LogP contribution in [0.15, 0.2) is 47.4 Å². The van der Waals surface area contributed by atoms with E-state index < -0.39 is 24.9 Å². The van der Waals surface area contributed by atoms with E-state index in [9.17, 15) is 13.2 Å². The van der Waals surface area contributed by atoms with Crippen LogP contribution in [0.2, 0.25) is 15.1 Å². The highest BCUT2D eigenvalue weighted by Crippen LogP contribution is 2.36. The number of alkyl halides is 3. The molecule has 1 amide bonds. The Balaban J connectivity index is 2.42. The van der Waals surface area contributed by atoms with Crippen LogP contribution in [-0.4, -0.2) is 23.5 Å². The molecule has 0 bridgehead atoms. The van der Waals surface area contributed by atoms with E-state index in [1.54, 1.807) is 0 Å². The Bertz CT molecular complexity index is 925. The van der Waals surface area contributed by atoms with Crippen LogP contribution < -0.4 is 5.32 Å². The van der Waals surface area contributed by atoms with E-state index in [0.717, 1.165) is 0 Å². The second-order valence-corrected chi connectivity index (χ2v) is 10.7. The van der Waals surface area contributed by atoms with E-state index in [-0.39, 0.29) is 15.5 Å². The summed E-state index contributed by atoms with van der Waals surface area (Å²) in [7, 11) is -4.26. The molecule has 1 N–H and O–H groups in total. The lowest BCUT2D eigenvalue weighted by molar-refractivity contribution is 0.0948. The lowest BCUT2D eigenvalue weighted by Gasteiger charge is -2.25. The molecule has 4 nitrogen and oxygen atoms in total. The average molecular weight is 496 g/mol. The molecule has 2 aromatic carbocycles. The van der Waals surface area contributed by atoms with E-state index in [2.05, 4.69) is 5.32 Å². The zero-order valence-electron chi connectivity index (χ0n) is 12.5. The Morgan fingerprint density at radius 2 is 1.46 bits per heavy atom. The summed E-state index contributed by atoms with van der Waals surface area (Å²) >= 11 is 35.0. The minimum atomic E-state index is -4.26. The summed E-state index contributed by atoms with van der Waals surface area (Å²) in [5.41, 5.74) is -0.0263. The quantitative estimate of drug-likeness (QED) is 0.566. The molecule has 2 aromatic rings. The van der Waals surface area contributed by atoms with Crippen LogP contribution in [0.3, 0.4) is 0 Å². The van der Waals surface area contributed by atoms with Crippen molar-refractivity contribution in [2.45, 2.75) is 14.1 Å². The number of halogens is 6. The number of sulfone groups is 1. The van der Waals surface area contributed by atoms with Crippen molar-refractivity contribution in [2.24, 2.45) is 0 Å². The molecule has 0 aromatic heterocycles. The monoisotopic (exact) mass is 493 g/mol. The Labute approximate surface area is 180 Å². The van der Waals surface area contributed by atoms with Crippen molar-refractivity contribution in [2.75, 3.05) is 0 Å². The number of carbonyl (C=O) groups excluding carboxylic acids is 1. The van der Waals surface area contributed by atoms with Gasteiger partial charge in [0.15, 0.2) is 5.37 Å². The molecule has 2 rings (SSSR count). The van der Waals surface area contributed by atoms with Crippen LogP contribution in [0.1, 0.15) is 10.4 Å². The fraction of sp³-hybridized carbons (Fsp3) is 0.133. The topological polar surface area (TPSA) is 63.2 Å². The van der Waals surface area contributed by atoms with Crippen molar-refractivity contribution in [3.63, 3.8) is 0 Å². The molecule has 0 spiro atoms. The Kier molecular flexibility index (Phi) is 7.00. The van der Waals surface area contributed by atoms with Crippen LogP contribution in [-0.2, 0) is 9.84 Å². The van der Waals surface area contributed by atoms with Crippen LogP contribution in [0.4, 0.5) is 0 Å². The highest BCUT2D eigenvalue weighted by molar-refractivity contribution is 7.92. The normalized spacial score (nSPS) is 13.3. The first-order valence-corrected chi connectivity index (χ1v) is 10.6. The van der Waals surface area contributed by atoms with Gasteiger partial charge in [0, 0.05) is 10.0 Å². The van der Waals surface area contributed by atoms with E-state index in [4.69, 9.17) is 69.6 Å². The number of carbonyl (C=O) groups is 1. The van der Waals surface area contributed by atoms with Crippen LogP contribution in [0, 0.1) is 0 Å². The highest BCUT2D eigenvalue weighted by atomic mass is 35.6. The van der Waals surface area contributed by atoms with Gasteiger partial charge in [-0.2, -0.15) is 0 Å². The van der Waals surface area contributed by atoms with Crippen molar-refractivity contribution in [3.8, 4) is 0 Å². The molecular formula is C15H9Cl6NO3S. The number of nitrogens with one attached hydrogen (secondary N) is 1. The van der Waals surface area contributed by atoms with E-state index in [1.807, 2.05) is 0 Å². The lowest BCUT2D eigenvalue weighted by Crippen LogP contribution is -2.49. The zero-order chi connectivity index (χ0) is 19.7. The van der Waals surface area contributed by atoms with Gasteiger partial charge in [0.2, 0.25) is 13.6 Å². The van der Waals surface area contributed by atoms with Crippen LogP contribution >= 0.6 is 69.6 Å². The molecule has 11 heteroatoms. The smallest absolute Gasteiger partial charge is 0.253 e. The minimum absolute atomic E-state index is 0.0157. The number of hydrogen-bond acceptors (Lipinski definition) is 3. The van der Waals surface area contributed by atoms with Gasteiger partial charge in [0.1, 0.15) is 0 Å². The summed E-state index contributed by atoms with van der Waals surface area (Å²) in [5.74, 6) is -0.847. The molecule has 0 fully saturated rings. The van der Waals surface area contributed by atoms with Gasteiger partial charge in [-0.15, -0.1) is 0 Å². The maximum atomic E-state index is 12.8. The molecule has 0 aliphatic carbocycles. The van der Waals surface area contributed by atoms with Gasteiger partial charge in [0.05, 0.1) is 15.5 Å². The SMILES string of the molecule is O=C(NC(C(Cl)(Cl)Cl)S(=O)(=O)c1ccc(Cl)cc1)c1ccc(Cl)cc1Cl. The standard InChI is InChI=1S/C15H9Cl6NO3S/c16-8-1-4-10(5-2-8)26(24,25)14(15(19,20)21)22-13(23)11-6-3-9(17)7-12(11)18/h1-7,14H,(H,22,23). The third-order valence-electron chi connectivity index (χ3n) is 3.19. The fourth-order valence-corrected chi connectivity index (χ4v) is 5.21. The molecule has 0 saturated carbocycles. The average Bonchev–Trinajstić information content (AvgIpc) is 2.51. The molecule has 0 heterocycles. The second kappa shape index (κ2) is 8.31. The van der Waals surface area contributed by atoms with Gasteiger partial charge < -0.3 is 5.32 Å². The van der Waals surface area contributed by atoms with Crippen molar-refractivity contribution in [3.05, 3.63) is 63.1 Å². The van der Waals surface area contributed by atoms with Gasteiger partial charge in [-0.1, -0.05) is 69.6 Å². The van der Waals surface area contributed by atoms with Crippen LogP contribution in [0.5, 0.6) is 0 Å². The van der Waals surface area contributed by atoms with E-state index in [0.29, 0.717) is 10.0 Å². The summed E-state index contributed by atoms with van der Waals surface area (Å²) in [6.45, 7) is 0. The number of benzene rings is 2. The van der Waals surface area contributed by atoms with Crippen LogP contribution in [0.25, 0.3) is 0 Å². The third-order valence-corrected chi connectivity index (χ3v) is 7.05. The number of amides is 1. The van der Waals surface area contributed by atoms with Gasteiger partial charge >= 0.3 is 0 Å². The van der Waals surface area contributed by atoms with Gasteiger partial charge in [-0.25, -0.2) is 8.42 Å². The first-order chi connectivity index (χ1) is 11.9. The Hall–Kier alpha value is -0.400. The molecule has 0 aliphatic rings. The molecule has 0 radical (unpaired) electrons. The number of rotatable bonds is 4. The summed E-state index contributed by atoms with van der Waals surface area (Å²) in [6, 6.07) is 9.27. The summed E-state index contributed by atoms with van der Waals surface area (Å²) < 4.78 is 23.3. The predicted octanol–water partition coefficient (Wildman–Crippen LogP) is 5.55. The summed E-state index contributed by atoms with van der Waals surface area (Å²) in [6.07, 6.45) is 0. The van der Waals surface area contributed by atoms with Crippen molar-refractivity contribution < 1.29 is 13.2 Å². The number of hydrogen-bond donors (Lipinski definition) is 1. The van der Waals surface area contributed by atoms with Gasteiger partial charge in [0.25, 0.3) is 5.91 Å².